The van der Waals surface area contributed by atoms with Gasteiger partial charge in [-0.2, -0.15) is 0 Å². The zero-order chi connectivity index (χ0) is 13.0. The van der Waals surface area contributed by atoms with Crippen LogP contribution in [-0.2, 0) is 6.54 Å². The molecule has 92 valence electrons. The minimum atomic E-state index is -0.536. The lowest BCUT2D eigenvalue weighted by atomic mass is 10.1. The lowest BCUT2D eigenvalue weighted by molar-refractivity contribution is 0.596. The van der Waals surface area contributed by atoms with Crippen molar-refractivity contribution >= 4 is 17.2 Å². The van der Waals surface area contributed by atoms with Gasteiger partial charge in [-0.3, -0.25) is 9.59 Å². The first kappa shape index (κ1) is 10.3. The summed E-state index contributed by atoms with van der Waals surface area (Å²) in [6.45, 7) is 0.665. The number of para-hydroxylation sites is 1. The van der Waals surface area contributed by atoms with E-state index < -0.39 is 10.9 Å². The molecule has 2 aliphatic heterocycles. The van der Waals surface area contributed by atoms with Crippen molar-refractivity contribution in [3.8, 4) is 11.5 Å². The van der Waals surface area contributed by atoms with Gasteiger partial charge in [0.15, 0.2) is 11.3 Å². The summed E-state index contributed by atoms with van der Waals surface area (Å²) >= 11 is 0. The summed E-state index contributed by atoms with van der Waals surface area (Å²) in [5.41, 5.74) is 2.34. The summed E-state index contributed by atoms with van der Waals surface area (Å²) in [5, 5.41) is 0. The molecule has 4 heteroatoms. The maximum absolute atomic E-state index is 11.6. The summed E-state index contributed by atoms with van der Waals surface area (Å²) in [6.07, 6.45) is 4.06. The van der Waals surface area contributed by atoms with Crippen molar-refractivity contribution in [3.63, 3.8) is 0 Å². The highest BCUT2D eigenvalue weighted by Crippen LogP contribution is 2.31. The number of nitrogens with zero attached hydrogens (tertiary/aromatic N) is 1. The van der Waals surface area contributed by atoms with E-state index in [1.807, 2.05) is 34.9 Å². The molecular formula is C15H9NO3. The van der Waals surface area contributed by atoms with Crippen molar-refractivity contribution < 1.29 is 4.42 Å². The van der Waals surface area contributed by atoms with E-state index in [1.54, 1.807) is 0 Å². The van der Waals surface area contributed by atoms with Gasteiger partial charge in [-0.25, -0.2) is 0 Å². The predicted octanol–water partition coefficient (Wildman–Crippen LogP) is 2.09. The normalized spacial score (nSPS) is 13.3. The summed E-state index contributed by atoms with van der Waals surface area (Å²) in [5.74, 6) is 0.449. The van der Waals surface area contributed by atoms with E-state index in [1.165, 1.54) is 12.1 Å². The van der Waals surface area contributed by atoms with Crippen LogP contribution >= 0.6 is 0 Å². The van der Waals surface area contributed by atoms with E-state index in [0.29, 0.717) is 23.6 Å². The fourth-order valence-electron chi connectivity index (χ4n) is 2.58. The quantitative estimate of drug-likeness (QED) is 0.454. The van der Waals surface area contributed by atoms with Gasteiger partial charge < -0.3 is 8.98 Å². The standard InChI is InChI=1S/C15H9NO3/c17-11-7-10-14(8-12(11)18)19-13-5-1-3-9-4-2-6-16(10)15(9)13/h1-5,7-8H,6H2. The number of hydrogen-bond acceptors (Lipinski definition) is 3. The molecule has 0 atom stereocenters. The van der Waals surface area contributed by atoms with Crippen molar-refractivity contribution in [1.29, 1.82) is 0 Å². The third-order valence-electron chi connectivity index (χ3n) is 3.42. The minimum absolute atomic E-state index is 0.449. The van der Waals surface area contributed by atoms with Gasteiger partial charge in [0.05, 0.1) is 11.2 Å². The summed E-state index contributed by atoms with van der Waals surface area (Å²) < 4.78 is 7.75. The lowest BCUT2D eigenvalue weighted by Crippen LogP contribution is -2.24. The molecule has 0 unspecified atom stereocenters. The highest BCUT2D eigenvalue weighted by atomic mass is 16.3. The van der Waals surface area contributed by atoms with Crippen LogP contribution in [0.2, 0.25) is 0 Å². The third kappa shape index (κ3) is 1.34. The monoisotopic (exact) mass is 251 g/mol. The Morgan fingerprint density at radius 2 is 1.95 bits per heavy atom. The molecule has 4 nitrogen and oxygen atoms in total. The topological polar surface area (TPSA) is 52.2 Å². The Hall–Kier alpha value is -2.62. The Morgan fingerprint density at radius 3 is 2.84 bits per heavy atom. The number of allylic oxidation sites excluding steroid dienone is 1. The fraction of sp³-hybridized carbons (Fsp3) is 0.0667. The molecule has 0 saturated heterocycles. The minimum Gasteiger partial charge on any atom is -0.453 e. The Morgan fingerprint density at radius 1 is 1.11 bits per heavy atom. The van der Waals surface area contributed by atoms with E-state index in [-0.39, 0.29) is 0 Å². The summed E-state index contributed by atoms with van der Waals surface area (Å²) in [7, 11) is 0. The van der Waals surface area contributed by atoms with Crippen molar-refractivity contribution in [2.45, 2.75) is 6.54 Å². The van der Waals surface area contributed by atoms with Crippen LogP contribution in [0.5, 0.6) is 0 Å². The van der Waals surface area contributed by atoms with Crippen LogP contribution in [0.1, 0.15) is 5.56 Å². The molecule has 19 heavy (non-hydrogen) atoms. The van der Waals surface area contributed by atoms with E-state index in [9.17, 15) is 9.59 Å². The van der Waals surface area contributed by atoms with Gasteiger partial charge in [0.1, 0.15) is 0 Å². The summed E-state index contributed by atoms with van der Waals surface area (Å²) in [4.78, 5) is 23.0. The Balaban J connectivity index is 2.31. The number of aromatic nitrogens is 1. The second-order valence-electron chi connectivity index (χ2n) is 4.58. The van der Waals surface area contributed by atoms with Gasteiger partial charge in [0.2, 0.25) is 10.9 Å². The first-order valence-electron chi connectivity index (χ1n) is 6.01. The average molecular weight is 251 g/mol. The van der Waals surface area contributed by atoms with Crippen LogP contribution in [-0.4, -0.2) is 4.57 Å². The van der Waals surface area contributed by atoms with E-state index >= 15 is 0 Å². The van der Waals surface area contributed by atoms with Gasteiger partial charge in [-0.15, -0.1) is 0 Å². The Labute approximate surface area is 107 Å². The second kappa shape index (κ2) is 3.45. The molecule has 0 N–H and O–H groups in total. The van der Waals surface area contributed by atoms with Crippen LogP contribution in [0.15, 0.2) is 50.4 Å². The van der Waals surface area contributed by atoms with Crippen LogP contribution in [0.4, 0.5) is 0 Å². The third-order valence-corrected chi connectivity index (χ3v) is 3.42. The first-order valence-corrected chi connectivity index (χ1v) is 6.01. The fourth-order valence-corrected chi connectivity index (χ4v) is 2.58. The molecule has 0 bridgehead atoms. The van der Waals surface area contributed by atoms with Gasteiger partial charge >= 0.3 is 0 Å². The number of fused-ring (bicyclic) bond motifs is 2. The lowest BCUT2D eigenvalue weighted by Gasteiger charge is -2.20. The highest BCUT2D eigenvalue weighted by molar-refractivity contribution is 5.87. The van der Waals surface area contributed by atoms with Crippen LogP contribution in [0.3, 0.4) is 0 Å². The number of benzene rings is 2. The van der Waals surface area contributed by atoms with Crippen molar-refractivity contribution in [1.82, 2.24) is 4.57 Å². The molecule has 3 aliphatic rings. The number of hydrogen-bond donors (Lipinski definition) is 0. The van der Waals surface area contributed by atoms with Crippen LogP contribution < -0.4 is 10.9 Å². The molecule has 1 aromatic carbocycles. The zero-order valence-electron chi connectivity index (χ0n) is 9.92. The maximum Gasteiger partial charge on any atom is 0.229 e. The number of rotatable bonds is 0. The largest absolute Gasteiger partial charge is 0.453 e. The molecule has 1 aliphatic carbocycles. The van der Waals surface area contributed by atoms with Crippen molar-refractivity contribution in [2.75, 3.05) is 0 Å². The molecule has 0 radical (unpaired) electrons. The molecule has 0 aromatic heterocycles. The molecular weight excluding hydrogens is 242 g/mol. The van der Waals surface area contributed by atoms with E-state index in [4.69, 9.17) is 4.42 Å². The maximum atomic E-state index is 11.6. The van der Waals surface area contributed by atoms with Gasteiger partial charge in [-0.1, -0.05) is 24.3 Å². The molecule has 0 fully saturated rings. The summed E-state index contributed by atoms with van der Waals surface area (Å²) in [6, 6.07) is 8.40. The predicted molar refractivity (Wildman–Crippen MR) is 72.4 cm³/mol. The molecule has 0 saturated carbocycles. The Bertz CT molecular complexity index is 930. The molecule has 1 aromatic rings. The Kier molecular flexibility index (Phi) is 1.87. The molecule has 2 heterocycles. The van der Waals surface area contributed by atoms with E-state index in [2.05, 4.69) is 0 Å². The van der Waals surface area contributed by atoms with E-state index in [0.717, 1.165) is 11.1 Å². The second-order valence-corrected chi connectivity index (χ2v) is 4.58. The SMILES string of the molecule is O=c1cc2oc3cccc4c3n(c-2cc1=O)CC=C4. The van der Waals surface area contributed by atoms with Gasteiger partial charge in [0.25, 0.3) is 0 Å². The van der Waals surface area contributed by atoms with Crippen molar-refractivity contribution in [3.05, 3.63) is 62.4 Å². The molecule has 0 amide bonds. The smallest absolute Gasteiger partial charge is 0.229 e. The van der Waals surface area contributed by atoms with Gasteiger partial charge in [-0.05, 0) is 6.07 Å². The van der Waals surface area contributed by atoms with Crippen LogP contribution in [0, 0.1) is 0 Å². The van der Waals surface area contributed by atoms with Crippen molar-refractivity contribution in [2.24, 2.45) is 0 Å². The first-order chi connectivity index (χ1) is 9.24. The molecule has 4 rings (SSSR count). The average Bonchev–Trinajstić information content (AvgIpc) is 2.42. The van der Waals surface area contributed by atoms with Gasteiger partial charge in [0, 0.05) is 24.2 Å². The highest BCUT2D eigenvalue weighted by Gasteiger charge is 2.18. The van der Waals surface area contributed by atoms with Crippen LogP contribution in [0.25, 0.3) is 28.6 Å². The zero-order valence-corrected chi connectivity index (χ0v) is 9.92. The molecule has 0 spiro atoms.